The Hall–Kier alpha value is -3.39. The Balaban J connectivity index is 1.65. The number of fused-ring (bicyclic) bond motifs is 1. The van der Waals surface area contributed by atoms with Gasteiger partial charge < -0.3 is 4.90 Å². The maximum absolute atomic E-state index is 14.0. The van der Waals surface area contributed by atoms with Gasteiger partial charge in [-0.1, -0.05) is 54.1 Å². The fraction of sp³-hybridized carbons (Fsp3) is 0.217. The molecular formula is C23H18ClF2N5O. The van der Waals surface area contributed by atoms with Gasteiger partial charge in [0.25, 0.3) is 0 Å². The van der Waals surface area contributed by atoms with E-state index in [2.05, 4.69) is 15.3 Å². The SMILES string of the molecule is O=C(Cn1nc(-c2cccc(F)c2)c2c(Cl)c(-c3ccccc3)nnc21)N1CC[C@@H](F)C1. The predicted octanol–water partition coefficient (Wildman–Crippen LogP) is 4.52. The van der Waals surface area contributed by atoms with Gasteiger partial charge >= 0.3 is 0 Å². The first kappa shape index (κ1) is 20.5. The van der Waals surface area contributed by atoms with Crippen molar-refractivity contribution in [1.29, 1.82) is 0 Å². The zero-order valence-corrected chi connectivity index (χ0v) is 17.6. The fourth-order valence-electron chi connectivity index (χ4n) is 3.92. The highest BCUT2D eigenvalue weighted by molar-refractivity contribution is 6.38. The Kier molecular flexibility index (Phi) is 5.30. The summed E-state index contributed by atoms with van der Waals surface area (Å²) < 4.78 is 28.9. The van der Waals surface area contributed by atoms with Crippen LogP contribution >= 0.6 is 11.6 Å². The van der Waals surface area contributed by atoms with Crippen molar-refractivity contribution in [2.24, 2.45) is 0 Å². The number of benzene rings is 2. The van der Waals surface area contributed by atoms with Crippen molar-refractivity contribution in [2.75, 3.05) is 13.1 Å². The van der Waals surface area contributed by atoms with Crippen LogP contribution < -0.4 is 0 Å². The number of aromatic nitrogens is 4. The lowest BCUT2D eigenvalue weighted by Crippen LogP contribution is -2.32. The first-order valence-corrected chi connectivity index (χ1v) is 10.5. The molecule has 4 aromatic rings. The molecule has 2 aromatic carbocycles. The van der Waals surface area contributed by atoms with Gasteiger partial charge in [0.1, 0.15) is 29.9 Å². The number of likely N-dealkylation sites (tertiary alicyclic amines) is 1. The zero-order valence-electron chi connectivity index (χ0n) is 16.9. The number of halogens is 3. The van der Waals surface area contributed by atoms with Gasteiger partial charge in [0.05, 0.1) is 17.0 Å². The Morgan fingerprint density at radius 3 is 2.56 bits per heavy atom. The molecule has 0 aliphatic carbocycles. The van der Waals surface area contributed by atoms with Crippen molar-refractivity contribution in [3.8, 4) is 22.5 Å². The third-order valence-corrected chi connectivity index (χ3v) is 5.88. The van der Waals surface area contributed by atoms with E-state index in [1.807, 2.05) is 30.3 Å². The summed E-state index contributed by atoms with van der Waals surface area (Å²) in [4.78, 5) is 14.2. The lowest BCUT2D eigenvalue weighted by atomic mass is 10.1. The number of amides is 1. The summed E-state index contributed by atoms with van der Waals surface area (Å²) >= 11 is 6.77. The minimum Gasteiger partial charge on any atom is -0.338 e. The smallest absolute Gasteiger partial charge is 0.244 e. The Labute approximate surface area is 187 Å². The molecule has 0 bridgehead atoms. The van der Waals surface area contributed by atoms with Crippen molar-refractivity contribution in [2.45, 2.75) is 19.1 Å². The topological polar surface area (TPSA) is 63.9 Å². The average Bonchev–Trinajstić information content (AvgIpc) is 3.39. The summed E-state index contributed by atoms with van der Waals surface area (Å²) in [5.41, 5.74) is 2.43. The van der Waals surface area contributed by atoms with Crippen molar-refractivity contribution >= 4 is 28.5 Å². The minimum absolute atomic E-state index is 0.0688. The predicted molar refractivity (Wildman–Crippen MR) is 117 cm³/mol. The molecule has 162 valence electrons. The minimum atomic E-state index is -1.01. The van der Waals surface area contributed by atoms with Gasteiger partial charge in [-0.25, -0.2) is 13.5 Å². The van der Waals surface area contributed by atoms with Crippen LogP contribution in [0.2, 0.25) is 5.02 Å². The molecule has 1 amide bonds. The third-order valence-electron chi connectivity index (χ3n) is 5.51. The molecule has 0 radical (unpaired) electrons. The highest BCUT2D eigenvalue weighted by atomic mass is 35.5. The van der Waals surface area contributed by atoms with Gasteiger partial charge in [0.2, 0.25) is 5.91 Å². The summed E-state index contributed by atoms with van der Waals surface area (Å²) in [5.74, 6) is -0.695. The van der Waals surface area contributed by atoms with Crippen LogP contribution in [0.1, 0.15) is 6.42 Å². The maximum atomic E-state index is 14.0. The lowest BCUT2D eigenvalue weighted by molar-refractivity contribution is -0.131. The molecule has 1 atom stereocenters. The maximum Gasteiger partial charge on any atom is 0.244 e. The van der Waals surface area contributed by atoms with Gasteiger partial charge in [-0.2, -0.15) is 5.10 Å². The largest absolute Gasteiger partial charge is 0.338 e. The van der Waals surface area contributed by atoms with E-state index in [1.54, 1.807) is 12.1 Å². The number of hydrogen-bond acceptors (Lipinski definition) is 4. The van der Waals surface area contributed by atoms with Gasteiger partial charge in [-0.3, -0.25) is 4.79 Å². The molecule has 0 unspecified atom stereocenters. The van der Waals surface area contributed by atoms with Crippen LogP contribution in [0.3, 0.4) is 0 Å². The molecule has 1 aliphatic rings. The van der Waals surface area contributed by atoms with Crippen LogP contribution in [0, 0.1) is 5.82 Å². The van der Waals surface area contributed by atoms with Crippen LogP contribution in [-0.2, 0) is 11.3 Å². The Bertz CT molecular complexity index is 1310. The number of carbonyl (C=O) groups excluding carboxylic acids is 1. The summed E-state index contributed by atoms with van der Waals surface area (Å²) in [6.07, 6.45) is -0.689. The Morgan fingerprint density at radius 2 is 1.84 bits per heavy atom. The second-order valence-corrected chi connectivity index (χ2v) is 8.05. The van der Waals surface area contributed by atoms with Crippen LogP contribution in [0.15, 0.2) is 54.6 Å². The summed E-state index contributed by atoms with van der Waals surface area (Å²) in [5, 5.41) is 13.9. The number of rotatable bonds is 4. The Morgan fingerprint density at radius 1 is 1.06 bits per heavy atom. The summed E-state index contributed by atoms with van der Waals surface area (Å²) in [6.45, 7) is 0.286. The van der Waals surface area contributed by atoms with Crippen LogP contribution in [0.5, 0.6) is 0 Å². The highest BCUT2D eigenvalue weighted by Gasteiger charge is 2.28. The second kappa shape index (κ2) is 8.27. The van der Waals surface area contributed by atoms with E-state index in [0.717, 1.165) is 5.56 Å². The molecular weight excluding hydrogens is 436 g/mol. The standard InChI is InChI=1S/C23H18ClF2N5O/c24-20-19-21(15-7-4-8-16(25)11-15)29-31(13-18(32)30-10-9-17(26)12-30)23(19)28-27-22(20)14-5-2-1-3-6-14/h1-8,11,17H,9-10,12-13H2/t17-/m1/s1. The van der Waals surface area contributed by atoms with Gasteiger partial charge in [-0.15, -0.1) is 10.2 Å². The van der Waals surface area contributed by atoms with Gasteiger partial charge in [-0.05, 0) is 18.6 Å². The van der Waals surface area contributed by atoms with Crippen LogP contribution in [0.4, 0.5) is 8.78 Å². The number of alkyl halides is 1. The second-order valence-electron chi connectivity index (χ2n) is 7.67. The molecule has 3 heterocycles. The zero-order chi connectivity index (χ0) is 22.2. The van der Waals surface area contributed by atoms with E-state index in [-0.39, 0.29) is 19.0 Å². The number of nitrogens with zero attached hydrogens (tertiary/aromatic N) is 5. The fourth-order valence-corrected chi connectivity index (χ4v) is 4.24. The van der Waals surface area contributed by atoms with E-state index in [9.17, 15) is 13.6 Å². The van der Waals surface area contributed by atoms with Crippen LogP contribution in [-0.4, -0.2) is 50.0 Å². The van der Waals surface area contributed by atoms with E-state index in [0.29, 0.717) is 46.0 Å². The first-order valence-electron chi connectivity index (χ1n) is 10.2. The van der Waals surface area contributed by atoms with Crippen LogP contribution in [0.25, 0.3) is 33.5 Å². The monoisotopic (exact) mass is 453 g/mol. The molecule has 2 aromatic heterocycles. The molecule has 32 heavy (non-hydrogen) atoms. The van der Waals surface area contributed by atoms with E-state index in [1.165, 1.54) is 21.7 Å². The number of carbonyl (C=O) groups is 1. The normalized spacial score (nSPS) is 16.1. The third kappa shape index (κ3) is 3.71. The van der Waals surface area contributed by atoms with Gasteiger partial charge in [0, 0.05) is 17.7 Å². The molecule has 5 rings (SSSR count). The summed E-state index contributed by atoms with van der Waals surface area (Å²) in [6, 6.07) is 15.3. The van der Waals surface area contributed by atoms with Crippen molar-refractivity contribution in [3.05, 3.63) is 65.4 Å². The quantitative estimate of drug-likeness (QED) is 0.455. The molecule has 9 heteroatoms. The van der Waals surface area contributed by atoms with E-state index >= 15 is 0 Å². The molecule has 6 nitrogen and oxygen atoms in total. The summed E-state index contributed by atoms with van der Waals surface area (Å²) in [7, 11) is 0. The molecule has 0 N–H and O–H groups in total. The van der Waals surface area contributed by atoms with E-state index < -0.39 is 12.0 Å². The lowest BCUT2D eigenvalue weighted by Gasteiger charge is -2.15. The number of hydrogen-bond donors (Lipinski definition) is 0. The highest BCUT2D eigenvalue weighted by Crippen LogP contribution is 2.37. The molecule has 1 saturated heterocycles. The van der Waals surface area contributed by atoms with Gasteiger partial charge in [0.15, 0.2) is 5.65 Å². The molecule has 0 spiro atoms. The van der Waals surface area contributed by atoms with Crippen molar-refractivity contribution in [3.63, 3.8) is 0 Å². The van der Waals surface area contributed by atoms with E-state index in [4.69, 9.17) is 11.6 Å². The molecule has 1 fully saturated rings. The molecule has 0 saturated carbocycles. The molecule has 1 aliphatic heterocycles. The first-order chi connectivity index (χ1) is 15.5. The van der Waals surface area contributed by atoms with Crippen molar-refractivity contribution < 1.29 is 13.6 Å². The van der Waals surface area contributed by atoms with Crippen molar-refractivity contribution in [1.82, 2.24) is 24.9 Å². The average molecular weight is 454 g/mol.